The summed E-state index contributed by atoms with van der Waals surface area (Å²) >= 11 is 0. The molecule has 2 aromatic rings. The summed E-state index contributed by atoms with van der Waals surface area (Å²) in [6.07, 6.45) is 3.24. The first-order valence-electron chi connectivity index (χ1n) is 9.98. The Morgan fingerprint density at radius 3 is 2.28 bits per heavy atom. The number of fused-ring (bicyclic) bond motifs is 1. The number of aryl methyl sites for hydroxylation is 2. The van der Waals surface area contributed by atoms with Gasteiger partial charge in [-0.1, -0.05) is 0 Å². The van der Waals surface area contributed by atoms with Crippen LogP contribution in [0.4, 0.5) is 0 Å². The molecule has 154 valence electrons. The van der Waals surface area contributed by atoms with E-state index in [1.165, 1.54) is 7.11 Å². The molecule has 3 heterocycles. The summed E-state index contributed by atoms with van der Waals surface area (Å²) in [5.41, 5.74) is 2.15. The number of piperazine rings is 1. The largest absolute Gasteiger partial charge is 0.497 e. The molecule has 1 saturated heterocycles. The third kappa shape index (κ3) is 3.79. The van der Waals surface area contributed by atoms with Crippen LogP contribution in [0.1, 0.15) is 39.4 Å². The Bertz CT molecular complexity index is 892. The Kier molecular flexibility index (Phi) is 5.42. The quantitative estimate of drug-likeness (QED) is 0.785. The van der Waals surface area contributed by atoms with E-state index in [2.05, 4.69) is 5.10 Å². The van der Waals surface area contributed by atoms with Crippen molar-refractivity contribution in [3.8, 4) is 11.5 Å². The van der Waals surface area contributed by atoms with Gasteiger partial charge in [-0.05, 0) is 37.5 Å². The first-order valence-corrected chi connectivity index (χ1v) is 9.98. The topological polar surface area (TPSA) is 76.9 Å². The number of carbonyl (C=O) groups is 2. The molecule has 0 radical (unpaired) electrons. The average Bonchev–Trinajstić information content (AvgIpc) is 3.22. The van der Waals surface area contributed by atoms with Crippen molar-refractivity contribution in [1.82, 2.24) is 19.6 Å². The Labute approximate surface area is 170 Å². The normalized spacial score (nSPS) is 16.3. The van der Waals surface area contributed by atoms with Crippen LogP contribution in [0.25, 0.3) is 0 Å². The molecule has 1 aromatic heterocycles. The zero-order chi connectivity index (χ0) is 20.4. The number of ether oxygens (including phenoxy) is 2. The summed E-state index contributed by atoms with van der Waals surface area (Å²) in [5, 5.41) is 4.48. The van der Waals surface area contributed by atoms with E-state index in [9.17, 15) is 9.59 Å². The zero-order valence-corrected chi connectivity index (χ0v) is 16.9. The lowest BCUT2D eigenvalue weighted by atomic mass is 10.1. The minimum absolute atomic E-state index is 0.0546. The summed E-state index contributed by atoms with van der Waals surface area (Å²) in [7, 11) is 3.11. The molecule has 0 atom stereocenters. The summed E-state index contributed by atoms with van der Waals surface area (Å²) in [5.74, 6) is 0.961. The molecular weight excluding hydrogens is 372 g/mol. The van der Waals surface area contributed by atoms with E-state index in [1.54, 1.807) is 35.1 Å². The molecule has 0 saturated carbocycles. The summed E-state index contributed by atoms with van der Waals surface area (Å²) in [6.45, 7) is 2.83. The van der Waals surface area contributed by atoms with Crippen molar-refractivity contribution in [2.45, 2.75) is 25.8 Å². The molecule has 29 heavy (non-hydrogen) atoms. The van der Waals surface area contributed by atoms with Gasteiger partial charge in [-0.25, -0.2) is 0 Å². The van der Waals surface area contributed by atoms with Crippen LogP contribution in [-0.2, 0) is 13.0 Å². The van der Waals surface area contributed by atoms with Crippen molar-refractivity contribution in [3.05, 3.63) is 41.2 Å². The number of methoxy groups -OCH3 is 2. The van der Waals surface area contributed by atoms with Gasteiger partial charge in [-0.3, -0.25) is 14.3 Å². The van der Waals surface area contributed by atoms with Crippen molar-refractivity contribution >= 4 is 11.8 Å². The van der Waals surface area contributed by atoms with Crippen LogP contribution in [0.15, 0.2) is 24.3 Å². The highest BCUT2D eigenvalue weighted by Gasteiger charge is 2.28. The standard InChI is InChI=1S/C21H26N4O4/c1-28-16-6-7-17(19(14-16)29-2)20(26)23-9-11-24(12-10-23)21(27)18-13-15-5-3-4-8-25(15)22-18/h6-7,13-14H,3-5,8-12H2,1-2H3. The Balaban J connectivity index is 1.41. The van der Waals surface area contributed by atoms with Crippen LogP contribution in [0.3, 0.4) is 0 Å². The second-order valence-electron chi connectivity index (χ2n) is 7.35. The molecule has 1 fully saturated rings. The van der Waals surface area contributed by atoms with Crippen molar-refractivity contribution in [1.29, 1.82) is 0 Å². The number of amides is 2. The number of hydrogen-bond donors (Lipinski definition) is 0. The first-order chi connectivity index (χ1) is 14.1. The highest BCUT2D eigenvalue weighted by atomic mass is 16.5. The van der Waals surface area contributed by atoms with Crippen LogP contribution < -0.4 is 9.47 Å². The third-order valence-corrected chi connectivity index (χ3v) is 5.63. The fourth-order valence-corrected chi connectivity index (χ4v) is 3.94. The van der Waals surface area contributed by atoms with Crippen molar-refractivity contribution in [2.75, 3.05) is 40.4 Å². The SMILES string of the molecule is COc1ccc(C(=O)N2CCN(C(=O)c3cc4n(n3)CCCC4)CC2)c(OC)c1. The Hall–Kier alpha value is -3.03. The van der Waals surface area contributed by atoms with E-state index in [0.29, 0.717) is 48.9 Å². The number of carbonyl (C=O) groups excluding carboxylic acids is 2. The third-order valence-electron chi connectivity index (χ3n) is 5.63. The van der Waals surface area contributed by atoms with E-state index in [0.717, 1.165) is 31.5 Å². The molecule has 2 aliphatic heterocycles. The van der Waals surface area contributed by atoms with Crippen LogP contribution >= 0.6 is 0 Å². The van der Waals surface area contributed by atoms with Gasteiger partial charge < -0.3 is 19.3 Å². The van der Waals surface area contributed by atoms with E-state index in [4.69, 9.17) is 9.47 Å². The van der Waals surface area contributed by atoms with Gasteiger partial charge in [0.05, 0.1) is 19.8 Å². The van der Waals surface area contributed by atoms with E-state index in [-0.39, 0.29) is 11.8 Å². The van der Waals surface area contributed by atoms with Crippen LogP contribution in [-0.4, -0.2) is 71.8 Å². The lowest BCUT2D eigenvalue weighted by Crippen LogP contribution is -2.50. The lowest BCUT2D eigenvalue weighted by molar-refractivity contribution is 0.0530. The van der Waals surface area contributed by atoms with Gasteiger partial charge in [0.1, 0.15) is 11.5 Å². The van der Waals surface area contributed by atoms with Gasteiger partial charge in [-0.15, -0.1) is 0 Å². The van der Waals surface area contributed by atoms with Crippen molar-refractivity contribution < 1.29 is 19.1 Å². The fourth-order valence-electron chi connectivity index (χ4n) is 3.94. The summed E-state index contributed by atoms with van der Waals surface area (Å²) < 4.78 is 12.5. The highest BCUT2D eigenvalue weighted by Crippen LogP contribution is 2.26. The van der Waals surface area contributed by atoms with Gasteiger partial charge in [0.15, 0.2) is 5.69 Å². The predicted octanol–water partition coefficient (Wildman–Crippen LogP) is 1.83. The number of hydrogen-bond acceptors (Lipinski definition) is 5. The maximum Gasteiger partial charge on any atom is 0.274 e. The highest BCUT2D eigenvalue weighted by molar-refractivity contribution is 5.97. The van der Waals surface area contributed by atoms with Crippen molar-refractivity contribution in [3.63, 3.8) is 0 Å². The average molecular weight is 398 g/mol. The molecule has 8 nitrogen and oxygen atoms in total. The molecule has 4 rings (SSSR count). The monoisotopic (exact) mass is 398 g/mol. The Morgan fingerprint density at radius 2 is 1.62 bits per heavy atom. The molecule has 0 N–H and O–H groups in total. The summed E-state index contributed by atoms with van der Waals surface area (Å²) in [6, 6.07) is 7.08. The molecule has 0 unspecified atom stereocenters. The molecule has 2 aliphatic rings. The van der Waals surface area contributed by atoms with Crippen LogP contribution in [0, 0.1) is 0 Å². The fraction of sp³-hybridized carbons (Fsp3) is 0.476. The lowest BCUT2D eigenvalue weighted by Gasteiger charge is -2.34. The second kappa shape index (κ2) is 8.14. The van der Waals surface area contributed by atoms with E-state index >= 15 is 0 Å². The van der Waals surface area contributed by atoms with Crippen molar-refractivity contribution in [2.24, 2.45) is 0 Å². The minimum atomic E-state index is -0.103. The van der Waals surface area contributed by atoms with Gasteiger partial charge in [0.25, 0.3) is 11.8 Å². The van der Waals surface area contributed by atoms with E-state index < -0.39 is 0 Å². The Morgan fingerprint density at radius 1 is 0.897 bits per heavy atom. The predicted molar refractivity (Wildman–Crippen MR) is 107 cm³/mol. The van der Waals surface area contributed by atoms with Crippen LogP contribution in [0.5, 0.6) is 11.5 Å². The number of aromatic nitrogens is 2. The van der Waals surface area contributed by atoms with Gasteiger partial charge >= 0.3 is 0 Å². The smallest absolute Gasteiger partial charge is 0.274 e. The van der Waals surface area contributed by atoms with Crippen LogP contribution in [0.2, 0.25) is 0 Å². The molecule has 0 aliphatic carbocycles. The molecule has 0 bridgehead atoms. The first kappa shape index (κ1) is 19.3. The number of nitrogens with zero attached hydrogens (tertiary/aromatic N) is 4. The second-order valence-corrected chi connectivity index (χ2v) is 7.35. The number of rotatable bonds is 4. The minimum Gasteiger partial charge on any atom is -0.497 e. The maximum atomic E-state index is 12.9. The summed E-state index contributed by atoms with van der Waals surface area (Å²) in [4.78, 5) is 29.3. The number of benzene rings is 1. The zero-order valence-electron chi connectivity index (χ0n) is 16.9. The van der Waals surface area contributed by atoms with Gasteiger partial charge in [0.2, 0.25) is 0 Å². The van der Waals surface area contributed by atoms with Gasteiger partial charge in [-0.2, -0.15) is 5.10 Å². The molecular formula is C21H26N4O4. The molecule has 1 aromatic carbocycles. The maximum absolute atomic E-state index is 12.9. The molecule has 8 heteroatoms. The van der Waals surface area contributed by atoms with Gasteiger partial charge in [0, 0.05) is 44.5 Å². The molecule has 0 spiro atoms. The molecule has 2 amide bonds. The van der Waals surface area contributed by atoms with E-state index in [1.807, 2.05) is 10.7 Å².